The Bertz CT molecular complexity index is 1190. The van der Waals surface area contributed by atoms with Crippen molar-refractivity contribution in [2.75, 3.05) is 6.54 Å². The molecule has 0 saturated heterocycles. The number of aryl methyl sites for hydroxylation is 2. The Labute approximate surface area is 184 Å². The molecule has 8 heteroatoms. The van der Waals surface area contributed by atoms with Gasteiger partial charge in [-0.1, -0.05) is 0 Å². The van der Waals surface area contributed by atoms with Crippen molar-refractivity contribution in [3.05, 3.63) is 27.6 Å². The zero-order valence-electron chi connectivity index (χ0n) is 18.0. The normalized spacial score (nSPS) is 29.3. The van der Waals surface area contributed by atoms with Crippen LogP contribution in [-0.2, 0) is 18.3 Å². The number of nitrogens with one attached hydrogen (secondary N) is 1. The van der Waals surface area contributed by atoms with Crippen LogP contribution in [0.1, 0.15) is 57.2 Å². The van der Waals surface area contributed by atoms with Crippen molar-refractivity contribution in [2.45, 2.75) is 57.8 Å². The van der Waals surface area contributed by atoms with E-state index in [1.165, 1.54) is 54.4 Å². The second-order valence-corrected chi connectivity index (χ2v) is 11.2. The van der Waals surface area contributed by atoms with Crippen LogP contribution in [-0.4, -0.2) is 31.6 Å². The van der Waals surface area contributed by atoms with Gasteiger partial charge in [0.05, 0.1) is 5.52 Å². The number of carbonyl (C=O) groups excluding carboxylic acids is 1. The van der Waals surface area contributed by atoms with Crippen LogP contribution in [0.4, 0.5) is 0 Å². The SMILES string of the molecule is Cn1c(=O)c2sccc2n2c(CCC(=O)NCCC34CC5CC(CC(C5)C3)C4)nnc12. The molecular formula is C23H29N5O2S. The minimum absolute atomic E-state index is 0.0566. The molecule has 4 aliphatic rings. The lowest BCUT2D eigenvalue weighted by Crippen LogP contribution is -2.47. The van der Waals surface area contributed by atoms with Crippen LogP contribution in [0.15, 0.2) is 16.2 Å². The van der Waals surface area contributed by atoms with Gasteiger partial charge < -0.3 is 5.32 Å². The Kier molecular flexibility index (Phi) is 4.49. The largest absolute Gasteiger partial charge is 0.356 e. The van der Waals surface area contributed by atoms with Crippen LogP contribution in [0, 0.1) is 23.2 Å². The van der Waals surface area contributed by atoms with E-state index in [1.807, 2.05) is 15.8 Å². The van der Waals surface area contributed by atoms with E-state index in [0.29, 0.717) is 28.7 Å². The third-order valence-electron chi connectivity index (χ3n) is 8.12. The molecule has 1 amide bonds. The summed E-state index contributed by atoms with van der Waals surface area (Å²) < 4.78 is 4.13. The van der Waals surface area contributed by atoms with Gasteiger partial charge in [0.2, 0.25) is 11.7 Å². The Balaban J connectivity index is 1.10. The van der Waals surface area contributed by atoms with Gasteiger partial charge in [-0.25, -0.2) is 0 Å². The van der Waals surface area contributed by atoms with Gasteiger partial charge in [0.15, 0.2) is 0 Å². The summed E-state index contributed by atoms with van der Waals surface area (Å²) in [6.07, 6.45) is 10.6. The van der Waals surface area contributed by atoms with Gasteiger partial charge in [-0.2, -0.15) is 0 Å². The molecule has 0 unspecified atom stereocenters. The lowest BCUT2D eigenvalue weighted by molar-refractivity contribution is -0.121. The summed E-state index contributed by atoms with van der Waals surface area (Å²) in [7, 11) is 1.71. The third-order valence-corrected chi connectivity index (χ3v) is 9.01. The van der Waals surface area contributed by atoms with Crippen LogP contribution in [0.5, 0.6) is 0 Å². The second kappa shape index (κ2) is 7.15. The summed E-state index contributed by atoms with van der Waals surface area (Å²) in [6, 6.07) is 1.92. The van der Waals surface area contributed by atoms with Gasteiger partial charge in [-0.3, -0.25) is 18.6 Å². The maximum Gasteiger partial charge on any atom is 0.272 e. The summed E-state index contributed by atoms with van der Waals surface area (Å²) in [6.45, 7) is 0.787. The first kappa shape index (κ1) is 19.5. The van der Waals surface area contributed by atoms with Gasteiger partial charge in [0.25, 0.3) is 5.56 Å². The number of hydrogen-bond acceptors (Lipinski definition) is 5. The fourth-order valence-electron chi connectivity index (χ4n) is 7.19. The number of carbonyl (C=O) groups is 1. The zero-order valence-corrected chi connectivity index (χ0v) is 18.8. The molecule has 164 valence electrons. The lowest BCUT2D eigenvalue weighted by atomic mass is 9.49. The molecule has 7 rings (SSSR count). The van der Waals surface area contributed by atoms with Crippen LogP contribution in [0.3, 0.4) is 0 Å². The highest BCUT2D eigenvalue weighted by Crippen LogP contribution is 2.61. The molecule has 4 aliphatic carbocycles. The number of rotatable bonds is 6. The Hall–Kier alpha value is -2.22. The van der Waals surface area contributed by atoms with Crippen molar-refractivity contribution in [1.82, 2.24) is 24.5 Å². The number of aromatic nitrogens is 4. The first-order valence-electron chi connectivity index (χ1n) is 11.6. The molecule has 3 heterocycles. The molecular weight excluding hydrogens is 410 g/mol. The average Bonchev–Trinajstić information content (AvgIpc) is 3.36. The van der Waals surface area contributed by atoms with Crippen molar-refractivity contribution in [3.8, 4) is 0 Å². The van der Waals surface area contributed by atoms with Crippen LogP contribution in [0.2, 0.25) is 0 Å². The Morgan fingerprint density at radius 2 is 1.90 bits per heavy atom. The number of fused-ring (bicyclic) bond motifs is 3. The van der Waals surface area contributed by atoms with Crippen LogP contribution < -0.4 is 10.9 Å². The maximum atomic E-state index is 12.6. The van der Waals surface area contributed by atoms with Crippen LogP contribution >= 0.6 is 11.3 Å². The van der Waals surface area contributed by atoms with E-state index < -0.39 is 0 Å². The van der Waals surface area contributed by atoms with Gasteiger partial charge in [0.1, 0.15) is 10.5 Å². The van der Waals surface area contributed by atoms with Gasteiger partial charge in [-0.05, 0) is 79.6 Å². The number of hydrogen-bond donors (Lipinski definition) is 1. The van der Waals surface area contributed by atoms with Gasteiger partial charge in [0, 0.05) is 26.4 Å². The fourth-order valence-corrected chi connectivity index (χ4v) is 8.04. The van der Waals surface area contributed by atoms with E-state index in [9.17, 15) is 9.59 Å². The molecule has 0 aliphatic heterocycles. The average molecular weight is 440 g/mol. The van der Waals surface area contributed by atoms with Crippen molar-refractivity contribution in [3.63, 3.8) is 0 Å². The third kappa shape index (κ3) is 3.22. The molecule has 0 radical (unpaired) electrons. The summed E-state index contributed by atoms with van der Waals surface area (Å²) in [4.78, 5) is 25.0. The Morgan fingerprint density at radius 3 is 2.61 bits per heavy atom. The van der Waals surface area contributed by atoms with Crippen molar-refractivity contribution in [1.29, 1.82) is 0 Å². The molecule has 0 atom stereocenters. The summed E-state index contributed by atoms with van der Waals surface area (Å²) >= 11 is 1.42. The van der Waals surface area contributed by atoms with E-state index in [1.54, 1.807) is 7.05 Å². The number of thiophene rings is 1. The molecule has 31 heavy (non-hydrogen) atoms. The van der Waals surface area contributed by atoms with Crippen molar-refractivity contribution < 1.29 is 4.79 Å². The van der Waals surface area contributed by atoms with Crippen molar-refractivity contribution >= 4 is 33.2 Å². The van der Waals surface area contributed by atoms with Crippen LogP contribution in [0.25, 0.3) is 16.0 Å². The molecule has 0 aromatic carbocycles. The minimum atomic E-state index is -0.0566. The maximum absolute atomic E-state index is 12.6. The first-order chi connectivity index (χ1) is 15.0. The Morgan fingerprint density at radius 1 is 1.19 bits per heavy atom. The number of amides is 1. The molecule has 0 spiro atoms. The molecule has 4 fully saturated rings. The predicted molar refractivity (Wildman–Crippen MR) is 120 cm³/mol. The highest BCUT2D eigenvalue weighted by atomic mass is 32.1. The summed E-state index contributed by atoms with van der Waals surface area (Å²) in [5.41, 5.74) is 1.27. The summed E-state index contributed by atoms with van der Waals surface area (Å²) in [5.74, 6) is 4.18. The smallest absolute Gasteiger partial charge is 0.272 e. The second-order valence-electron chi connectivity index (χ2n) is 10.3. The quantitative estimate of drug-likeness (QED) is 0.639. The molecule has 4 saturated carbocycles. The van der Waals surface area contributed by atoms with E-state index in [0.717, 1.165) is 42.1 Å². The van der Waals surface area contributed by atoms with Gasteiger partial charge in [-0.15, -0.1) is 21.5 Å². The van der Waals surface area contributed by atoms with E-state index in [4.69, 9.17) is 0 Å². The standard InChI is InChI=1S/C23H29N5O2S/c1-27-21(30)20-17(4-7-31-20)28-18(25-26-22(27)28)2-3-19(29)24-6-5-23-11-14-8-15(12-23)10-16(9-14)13-23/h4,7,14-16H,2-3,5-6,8-13H2,1H3,(H,24,29). The highest BCUT2D eigenvalue weighted by molar-refractivity contribution is 7.17. The predicted octanol–water partition coefficient (Wildman–Crippen LogP) is 3.30. The number of nitrogens with zero attached hydrogens (tertiary/aromatic N) is 4. The van der Waals surface area contributed by atoms with E-state index in [2.05, 4.69) is 15.5 Å². The fraction of sp³-hybridized carbons (Fsp3) is 0.652. The van der Waals surface area contributed by atoms with E-state index >= 15 is 0 Å². The monoisotopic (exact) mass is 439 g/mol. The minimum Gasteiger partial charge on any atom is -0.356 e. The molecule has 3 aromatic rings. The highest BCUT2D eigenvalue weighted by Gasteiger charge is 2.50. The molecule has 3 aromatic heterocycles. The molecule has 1 N–H and O–H groups in total. The molecule has 7 nitrogen and oxygen atoms in total. The summed E-state index contributed by atoms with van der Waals surface area (Å²) in [5, 5.41) is 13.6. The topological polar surface area (TPSA) is 81.3 Å². The lowest BCUT2D eigenvalue weighted by Gasteiger charge is -2.57. The van der Waals surface area contributed by atoms with E-state index in [-0.39, 0.29) is 11.5 Å². The zero-order chi connectivity index (χ0) is 21.2. The van der Waals surface area contributed by atoms with Crippen molar-refractivity contribution in [2.24, 2.45) is 30.2 Å². The first-order valence-corrected chi connectivity index (χ1v) is 12.5. The van der Waals surface area contributed by atoms with Gasteiger partial charge >= 0.3 is 0 Å². The molecule has 4 bridgehead atoms.